The van der Waals surface area contributed by atoms with E-state index in [1.807, 2.05) is 6.92 Å². The lowest BCUT2D eigenvalue weighted by atomic mass is 10.1. The number of methoxy groups -OCH3 is 1. The molecule has 8 heteroatoms. The summed E-state index contributed by atoms with van der Waals surface area (Å²) in [5, 5.41) is 11.0. The van der Waals surface area contributed by atoms with Crippen molar-refractivity contribution in [3.63, 3.8) is 0 Å². The van der Waals surface area contributed by atoms with Gasteiger partial charge in [0.2, 0.25) is 5.78 Å². The fourth-order valence-corrected chi connectivity index (χ4v) is 2.48. The number of Topliss-reactive ketones (excluding diaryl/α,β-unsaturated/α-hetero) is 1. The van der Waals surface area contributed by atoms with Crippen LogP contribution in [0.5, 0.6) is 11.5 Å². The monoisotopic (exact) mass is 399 g/mol. The van der Waals surface area contributed by atoms with Gasteiger partial charge in [-0.05, 0) is 37.6 Å². The molecule has 0 heterocycles. The summed E-state index contributed by atoms with van der Waals surface area (Å²) in [6, 6.07) is 9.27. The zero-order chi connectivity index (χ0) is 21.4. The molecule has 0 radical (unpaired) electrons. The molecule has 0 N–H and O–H groups in total. The van der Waals surface area contributed by atoms with E-state index in [1.165, 1.54) is 37.5 Å². The number of carbonyl (C=O) groups is 2. The molecule has 0 spiro atoms. The smallest absolute Gasteiger partial charge is 0.331 e. The van der Waals surface area contributed by atoms with Crippen molar-refractivity contribution in [3.8, 4) is 11.5 Å². The fraction of sp³-hybridized carbons (Fsp3) is 0.238. The second-order valence-electron chi connectivity index (χ2n) is 5.97. The molecule has 2 aromatic rings. The molecule has 0 amide bonds. The van der Waals surface area contributed by atoms with E-state index in [9.17, 15) is 19.7 Å². The summed E-state index contributed by atoms with van der Waals surface area (Å²) in [5.41, 5.74) is 1.08. The third-order valence-corrected chi connectivity index (χ3v) is 3.97. The minimum absolute atomic E-state index is 0.107. The lowest BCUT2D eigenvalue weighted by Gasteiger charge is -2.09. The van der Waals surface area contributed by atoms with Crippen LogP contribution < -0.4 is 9.47 Å². The molecular formula is C21H21NO7. The van der Waals surface area contributed by atoms with Crippen LogP contribution in [0, 0.1) is 17.0 Å². The van der Waals surface area contributed by atoms with Gasteiger partial charge < -0.3 is 14.2 Å². The highest BCUT2D eigenvalue weighted by molar-refractivity contribution is 5.99. The summed E-state index contributed by atoms with van der Waals surface area (Å²) in [4.78, 5) is 34.4. The van der Waals surface area contributed by atoms with E-state index >= 15 is 0 Å². The Hall–Kier alpha value is -3.68. The highest BCUT2D eigenvalue weighted by Crippen LogP contribution is 2.28. The Labute approximate surface area is 167 Å². The largest absolute Gasteiger partial charge is 0.493 e. The standard InChI is InChI=1S/C21H21NO7/c1-4-28-20-11-15(6-9-19(20)27-3)7-10-21(24)29-13-18(23)16-8-5-14(2)17(12-16)22(25)26/h5-12H,4,13H2,1-3H3/b10-7+. The van der Waals surface area contributed by atoms with Gasteiger partial charge in [0, 0.05) is 23.3 Å². The second-order valence-corrected chi connectivity index (χ2v) is 5.97. The lowest BCUT2D eigenvalue weighted by Crippen LogP contribution is -2.13. The molecule has 2 aromatic carbocycles. The van der Waals surface area contributed by atoms with Crippen LogP contribution in [0.3, 0.4) is 0 Å². The van der Waals surface area contributed by atoms with Gasteiger partial charge in [-0.1, -0.05) is 18.2 Å². The first-order valence-corrected chi connectivity index (χ1v) is 8.79. The summed E-state index contributed by atoms with van der Waals surface area (Å²) in [6.45, 7) is 3.37. The normalized spacial score (nSPS) is 10.6. The zero-order valence-electron chi connectivity index (χ0n) is 16.3. The average molecular weight is 399 g/mol. The molecule has 0 aliphatic carbocycles. The van der Waals surface area contributed by atoms with Crippen molar-refractivity contribution in [2.45, 2.75) is 13.8 Å². The van der Waals surface area contributed by atoms with E-state index in [1.54, 1.807) is 25.1 Å². The minimum atomic E-state index is -0.714. The maximum absolute atomic E-state index is 12.1. The number of nitro groups is 1. The van der Waals surface area contributed by atoms with Crippen LogP contribution in [0.15, 0.2) is 42.5 Å². The van der Waals surface area contributed by atoms with E-state index in [0.29, 0.717) is 29.2 Å². The predicted molar refractivity (Wildman–Crippen MR) is 106 cm³/mol. The van der Waals surface area contributed by atoms with Gasteiger partial charge in [0.1, 0.15) is 0 Å². The third kappa shape index (κ3) is 5.90. The van der Waals surface area contributed by atoms with Gasteiger partial charge in [-0.15, -0.1) is 0 Å². The van der Waals surface area contributed by atoms with E-state index in [0.717, 1.165) is 0 Å². The molecule has 0 unspecified atom stereocenters. The maximum atomic E-state index is 12.1. The third-order valence-electron chi connectivity index (χ3n) is 3.97. The SMILES string of the molecule is CCOc1cc(/C=C/C(=O)OCC(=O)c2ccc(C)c([N+](=O)[O-])c2)ccc1OC. The predicted octanol–water partition coefficient (Wildman–Crippen LogP) is 3.75. The Morgan fingerprint density at radius 2 is 1.90 bits per heavy atom. The van der Waals surface area contributed by atoms with Crippen molar-refractivity contribution in [3.05, 3.63) is 69.3 Å². The second kappa shape index (κ2) is 10.0. The highest BCUT2D eigenvalue weighted by atomic mass is 16.6. The molecule has 0 aliphatic rings. The number of ketones is 1. The summed E-state index contributed by atoms with van der Waals surface area (Å²) in [6.07, 6.45) is 2.70. The average Bonchev–Trinajstić information content (AvgIpc) is 2.71. The number of benzene rings is 2. The van der Waals surface area contributed by atoms with Crippen LogP contribution in [-0.2, 0) is 9.53 Å². The summed E-state index contributed by atoms with van der Waals surface area (Å²) in [5.74, 6) is -0.127. The van der Waals surface area contributed by atoms with Gasteiger partial charge in [-0.3, -0.25) is 14.9 Å². The number of nitro benzene ring substituents is 1. The topological polar surface area (TPSA) is 105 Å². The minimum Gasteiger partial charge on any atom is -0.493 e. The van der Waals surface area contributed by atoms with E-state index in [2.05, 4.69) is 0 Å². The molecule has 0 atom stereocenters. The van der Waals surface area contributed by atoms with Crippen LogP contribution in [0.4, 0.5) is 5.69 Å². The summed E-state index contributed by atoms with van der Waals surface area (Å²) < 4.78 is 15.6. The van der Waals surface area contributed by atoms with Gasteiger partial charge in [0.05, 0.1) is 18.6 Å². The number of rotatable bonds is 9. The molecule has 0 fully saturated rings. The first-order valence-electron chi connectivity index (χ1n) is 8.79. The van der Waals surface area contributed by atoms with Crippen molar-refractivity contribution >= 4 is 23.5 Å². The molecule has 2 rings (SSSR count). The Bertz CT molecular complexity index is 950. The Balaban J connectivity index is 1.99. The molecular weight excluding hydrogens is 378 g/mol. The molecule has 0 saturated carbocycles. The van der Waals surface area contributed by atoms with Gasteiger partial charge in [-0.25, -0.2) is 4.79 Å². The van der Waals surface area contributed by atoms with Crippen LogP contribution >= 0.6 is 0 Å². The molecule has 152 valence electrons. The Morgan fingerprint density at radius 3 is 2.55 bits per heavy atom. The van der Waals surface area contributed by atoms with Gasteiger partial charge >= 0.3 is 5.97 Å². The molecule has 0 aromatic heterocycles. The quantitative estimate of drug-likeness (QED) is 0.208. The number of carbonyl (C=O) groups excluding carboxylic acids is 2. The van der Waals surface area contributed by atoms with Crippen LogP contribution in [-0.4, -0.2) is 37.0 Å². The van der Waals surface area contributed by atoms with Crippen LogP contribution in [0.25, 0.3) is 6.08 Å². The number of nitrogens with zero attached hydrogens (tertiary/aromatic N) is 1. The van der Waals surface area contributed by atoms with Crippen molar-refractivity contribution < 1.29 is 28.7 Å². The summed E-state index contributed by atoms with van der Waals surface area (Å²) in [7, 11) is 1.53. The fourth-order valence-electron chi connectivity index (χ4n) is 2.48. The Kier molecular flexibility index (Phi) is 7.47. The van der Waals surface area contributed by atoms with Crippen molar-refractivity contribution in [2.75, 3.05) is 20.3 Å². The van der Waals surface area contributed by atoms with Crippen molar-refractivity contribution in [1.29, 1.82) is 0 Å². The number of hydrogen-bond acceptors (Lipinski definition) is 7. The maximum Gasteiger partial charge on any atom is 0.331 e. The number of esters is 1. The molecule has 0 bridgehead atoms. The first-order chi connectivity index (χ1) is 13.8. The van der Waals surface area contributed by atoms with E-state index in [4.69, 9.17) is 14.2 Å². The molecule has 0 saturated heterocycles. The van der Waals surface area contributed by atoms with Gasteiger partial charge in [-0.2, -0.15) is 0 Å². The van der Waals surface area contributed by atoms with Crippen molar-refractivity contribution in [1.82, 2.24) is 0 Å². The number of ether oxygens (including phenoxy) is 3. The van der Waals surface area contributed by atoms with Gasteiger partial charge in [0.15, 0.2) is 18.1 Å². The molecule has 0 aliphatic heterocycles. The van der Waals surface area contributed by atoms with E-state index < -0.39 is 23.3 Å². The first kappa shape index (κ1) is 21.6. The van der Waals surface area contributed by atoms with Crippen molar-refractivity contribution in [2.24, 2.45) is 0 Å². The number of hydrogen-bond donors (Lipinski definition) is 0. The van der Waals surface area contributed by atoms with Crippen LogP contribution in [0.2, 0.25) is 0 Å². The summed E-state index contributed by atoms with van der Waals surface area (Å²) >= 11 is 0. The van der Waals surface area contributed by atoms with Crippen LogP contribution in [0.1, 0.15) is 28.4 Å². The molecule has 29 heavy (non-hydrogen) atoms. The number of aryl methyl sites for hydroxylation is 1. The van der Waals surface area contributed by atoms with E-state index in [-0.39, 0.29) is 11.3 Å². The van der Waals surface area contributed by atoms with Gasteiger partial charge in [0.25, 0.3) is 5.69 Å². The lowest BCUT2D eigenvalue weighted by molar-refractivity contribution is -0.385. The zero-order valence-corrected chi connectivity index (χ0v) is 16.3. The Morgan fingerprint density at radius 1 is 1.14 bits per heavy atom. The highest BCUT2D eigenvalue weighted by Gasteiger charge is 2.16. The molecule has 8 nitrogen and oxygen atoms in total.